The van der Waals surface area contributed by atoms with E-state index in [-0.39, 0.29) is 0 Å². The fraction of sp³-hybridized carbons (Fsp3) is 0.455. The number of hydrogen-bond donors (Lipinski definition) is 1. The Morgan fingerprint density at radius 3 is 2.93 bits per heavy atom. The number of rotatable bonds is 4. The van der Waals surface area contributed by atoms with Crippen LogP contribution in [0.25, 0.3) is 0 Å². The number of nitrogens with zero attached hydrogens (tertiary/aromatic N) is 1. The van der Waals surface area contributed by atoms with Crippen molar-refractivity contribution in [1.29, 1.82) is 0 Å². The Morgan fingerprint density at radius 2 is 2.13 bits per heavy atom. The molecule has 0 spiro atoms. The second-order valence-electron chi connectivity index (χ2n) is 3.54. The van der Waals surface area contributed by atoms with Crippen LogP contribution in [0.4, 0.5) is 5.69 Å². The molecule has 0 fully saturated rings. The van der Waals surface area contributed by atoms with E-state index in [9.17, 15) is 0 Å². The van der Waals surface area contributed by atoms with Crippen molar-refractivity contribution in [1.82, 2.24) is 0 Å². The van der Waals surface area contributed by atoms with Crippen molar-refractivity contribution in [2.45, 2.75) is 6.42 Å². The third-order valence-electron chi connectivity index (χ3n) is 2.45. The molecule has 0 saturated carbocycles. The normalized spacial score (nSPS) is 12.9. The quantitative estimate of drug-likeness (QED) is 0.794. The van der Waals surface area contributed by atoms with Gasteiger partial charge in [-0.3, -0.25) is 0 Å². The molecule has 0 aromatic heterocycles. The van der Waals surface area contributed by atoms with Crippen LogP contribution in [-0.2, 0) is 0 Å². The van der Waals surface area contributed by atoms with Gasteiger partial charge in [0.2, 0.25) is 6.79 Å². The van der Waals surface area contributed by atoms with Crippen molar-refractivity contribution >= 4 is 18.3 Å². The fourth-order valence-electron chi connectivity index (χ4n) is 1.56. The summed E-state index contributed by atoms with van der Waals surface area (Å²) in [6, 6.07) is 6.02. The molecule has 3 nitrogen and oxygen atoms in total. The molecule has 0 bridgehead atoms. The smallest absolute Gasteiger partial charge is 0.231 e. The Kier molecular flexibility index (Phi) is 3.26. The first kappa shape index (κ1) is 10.5. The molecule has 0 amide bonds. The average molecular weight is 225 g/mol. The van der Waals surface area contributed by atoms with Gasteiger partial charge in [0.1, 0.15) is 0 Å². The van der Waals surface area contributed by atoms with E-state index in [4.69, 9.17) is 9.47 Å². The second-order valence-corrected chi connectivity index (χ2v) is 3.98. The summed E-state index contributed by atoms with van der Waals surface area (Å²) in [6.07, 6.45) is 1.08. The zero-order valence-electron chi connectivity index (χ0n) is 8.77. The number of thiol groups is 1. The van der Waals surface area contributed by atoms with Crippen molar-refractivity contribution < 1.29 is 9.47 Å². The van der Waals surface area contributed by atoms with Crippen LogP contribution in [0.15, 0.2) is 18.2 Å². The van der Waals surface area contributed by atoms with Gasteiger partial charge >= 0.3 is 0 Å². The molecular weight excluding hydrogens is 210 g/mol. The molecule has 0 saturated heterocycles. The number of benzene rings is 1. The van der Waals surface area contributed by atoms with E-state index in [1.54, 1.807) is 0 Å². The van der Waals surface area contributed by atoms with Gasteiger partial charge < -0.3 is 14.4 Å². The van der Waals surface area contributed by atoms with E-state index in [2.05, 4.69) is 24.6 Å². The van der Waals surface area contributed by atoms with Gasteiger partial charge in [-0.05, 0) is 24.3 Å². The van der Waals surface area contributed by atoms with Crippen LogP contribution in [0.2, 0.25) is 0 Å². The molecule has 1 aromatic rings. The molecular formula is C11H15NO2S. The predicted molar refractivity (Wildman–Crippen MR) is 64.3 cm³/mol. The van der Waals surface area contributed by atoms with Gasteiger partial charge in [-0.1, -0.05) is 0 Å². The maximum Gasteiger partial charge on any atom is 0.231 e. The van der Waals surface area contributed by atoms with E-state index < -0.39 is 0 Å². The minimum atomic E-state index is 0.332. The highest BCUT2D eigenvalue weighted by molar-refractivity contribution is 7.80. The molecule has 1 heterocycles. The summed E-state index contributed by atoms with van der Waals surface area (Å²) in [4.78, 5) is 2.19. The zero-order chi connectivity index (χ0) is 10.7. The van der Waals surface area contributed by atoms with Crippen LogP contribution in [0.1, 0.15) is 6.42 Å². The van der Waals surface area contributed by atoms with Crippen LogP contribution in [0.3, 0.4) is 0 Å². The van der Waals surface area contributed by atoms with E-state index in [0.29, 0.717) is 6.79 Å². The summed E-state index contributed by atoms with van der Waals surface area (Å²) in [5, 5.41) is 0. The summed E-state index contributed by atoms with van der Waals surface area (Å²) >= 11 is 4.20. The Balaban J connectivity index is 2.08. The summed E-state index contributed by atoms with van der Waals surface area (Å²) < 4.78 is 10.6. The van der Waals surface area contributed by atoms with Crippen molar-refractivity contribution in [3.63, 3.8) is 0 Å². The van der Waals surface area contributed by atoms with Crippen molar-refractivity contribution in [3.8, 4) is 11.5 Å². The van der Waals surface area contributed by atoms with Crippen LogP contribution < -0.4 is 14.4 Å². The number of hydrogen-bond acceptors (Lipinski definition) is 4. The van der Waals surface area contributed by atoms with E-state index in [0.717, 1.165) is 35.9 Å². The molecule has 0 atom stereocenters. The average Bonchev–Trinajstić information content (AvgIpc) is 2.72. The maximum absolute atomic E-state index is 5.33. The Labute approximate surface area is 95.4 Å². The molecule has 0 unspecified atom stereocenters. The highest BCUT2D eigenvalue weighted by Gasteiger charge is 2.14. The Bertz CT molecular complexity index is 343. The summed E-state index contributed by atoms with van der Waals surface area (Å²) in [7, 11) is 2.07. The molecule has 0 radical (unpaired) electrons. The Morgan fingerprint density at radius 1 is 1.33 bits per heavy atom. The van der Waals surface area contributed by atoms with Gasteiger partial charge in [0.05, 0.1) is 0 Å². The van der Waals surface area contributed by atoms with Gasteiger partial charge in [-0.15, -0.1) is 0 Å². The largest absolute Gasteiger partial charge is 0.454 e. The molecule has 0 N–H and O–H groups in total. The highest BCUT2D eigenvalue weighted by atomic mass is 32.1. The fourth-order valence-corrected chi connectivity index (χ4v) is 1.70. The lowest BCUT2D eigenvalue weighted by atomic mass is 10.2. The lowest BCUT2D eigenvalue weighted by Crippen LogP contribution is -2.18. The van der Waals surface area contributed by atoms with Gasteiger partial charge in [0.15, 0.2) is 11.5 Å². The van der Waals surface area contributed by atoms with E-state index >= 15 is 0 Å². The van der Waals surface area contributed by atoms with Crippen LogP contribution in [-0.4, -0.2) is 26.1 Å². The standard InChI is InChI=1S/C11H15NO2S/c1-12(5-2-6-15)9-3-4-10-11(7-9)14-8-13-10/h3-4,7,15H,2,5-6,8H2,1H3. The molecule has 1 aliphatic heterocycles. The van der Waals surface area contributed by atoms with Crippen LogP contribution in [0.5, 0.6) is 11.5 Å². The van der Waals surface area contributed by atoms with Crippen molar-refractivity contribution in [2.24, 2.45) is 0 Å². The first-order valence-corrected chi connectivity index (χ1v) is 5.66. The zero-order valence-corrected chi connectivity index (χ0v) is 9.67. The topological polar surface area (TPSA) is 21.7 Å². The van der Waals surface area contributed by atoms with Gasteiger partial charge in [-0.2, -0.15) is 12.6 Å². The molecule has 1 aliphatic rings. The SMILES string of the molecule is CN(CCCS)c1ccc2c(c1)OCO2. The first-order chi connectivity index (χ1) is 7.31. The van der Waals surface area contributed by atoms with E-state index in [1.807, 2.05) is 18.2 Å². The molecule has 1 aromatic carbocycles. The van der Waals surface area contributed by atoms with Gasteiger partial charge in [-0.25, -0.2) is 0 Å². The predicted octanol–water partition coefficient (Wildman–Crippen LogP) is 2.17. The monoisotopic (exact) mass is 225 g/mol. The third-order valence-corrected chi connectivity index (χ3v) is 2.76. The van der Waals surface area contributed by atoms with Gasteiger partial charge in [0, 0.05) is 25.3 Å². The molecule has 4 heteroatoms. The number of anilines is 1. The van der Waals surface area contributed by atoms with Gasteiger partial charge in [0.25, 0.3) is 0 Å². The van der Waals surface area contributed by atoms with E-state index in [1.165, 1.54) is 0 Å². The Hall–Kier alpha value is -1.03. The van der Waals surface area contributed by atoms with Crippen LogP contribution >= 0.6 is 12.6 Å². The maximum atomic E-state index is 5.33. The minimum absolute atomic E-state index is 0.332. The molecule has 15 heavy (non-hydrogen) atoms. The molecule has 0 aliphatic carbocycles. The molecule has 82 valence electrons. The first-order valence-electron chi connectivity index (χ1n) is 5.03. The third kappa shape index (κ3) is 2.31. The summed E-state index contributed by atoms with van der Waals surface area (Å²) in [6.45, 7) is 1.34. The van der Waals surface area contributed by atoms with Crippen molar-refractivity contribution in [3.05, 3.63) is 18.2 Å². The molecule has 2 rings (SSSR count). The van der Waals surface area contributed by atoms with Crippen LogP contribution in [0, 0.1) is 0 Å². The number of ether oxygens (including phenoxy) is 2. The highest BCUT2D eigenvalue weighted by Crippen LogP contribution is 2.35. The lowest BCUT2D eigenvalue weighted by Gasteiger charge is -2.18. The lowest BCUT2D eigenvalue weighted by molar-refractivity contribution is 0.174. The summed E-state index contributed by atoms with van der Waals surface area (Å²) in [5.74, 6) is 2.58. The summed E-state index contributed by atoms with van der Waals surface area (Å²) in [5.41, 5.74) is 1.15. The number of fused-ring (bicyclic) bond motifs is 1. The minimum Gasteiger partial charge on any atom is -0.454 e. The van der Waals surface area contributed by atoms with Crippen molar-refractivity contribution in [2.75, 3.05) is 31.0 Å². The second kappa shape index (κ2) is 4.66.